The number of benzene rings is 2. The number of urea groups is 1. The molecule has 0 radical (unpaired) electrons. The van der Waals surface area contributed by atoms with Gasteiger partial charge in [-0.25, -0.2) is 4.79 Å². The first kappa shape index (κ1) is 25.4. The highest BCUT2D eigenvalue weighted by Crippen LogP contribution is 2.33. The third kappa shape index (κ3) is 7.11. The van der Waals surface area contributed by atoms with Gasteiger partial charge in [0.2, 0.25) is 0 Å². The molecule has 1 fully saturated rings. The zero-order valence-electron chi connectivity index (χ0n) is 19.0. The van der Waals surface area contributed by atoms with E-state index in [4.69, 9.17) is 11.6 Å². The number of rotatable bonds is 7. The highest BCUT2D eigenvalue weighted by atomic mass is 35.5. The minimum Gasteiger partial charge on any atom is -0.317 e. The summed E-state index contributed by atoms with van der Waals surface area (Å²) in [6.07, 6.45) is -0.649. The van der Waals surface area contributed by atoms with Gasteiger partial charge in [-0.05, 0) is 49.9 Å². The summed E-state index contributed by atoms with van der Waals surface area (Å²) in [6, 6.07) is 12.8. The maximum absolute atomic E-state index is 13.3. The number of anilines is 1. The normalized spacial score (nSPS) is 16.4. The van der Waals surface area contributed by atoms with Gasteiger partial charge in [0.15, 0.2) is 0 Å². The largest absolute Gasteiger partial charge is 0.416 e. The van der Waals surface area contributed by atoms with Gasteiger partial charge in [-0.15, -0.1) is 0 Å². The second kappa shape index (κ2) is 11.3. The van der Waals surface area contributed by atoms with Crippen LogP contribution in [0, 0.1) is 0 Å². The molecule has 0 spiro atoms. The Labute approximate surface area is 198 Å². The number of alkyl halides is 3. The molecule has 1 unspecified atom stereocenters. The molecule has 0 saturated carbocycles. The number of nitrogens with zero attached hydrogens (tertiary/aromatic N) is 2. The Morgan fingerprint density at radius 2 is 1.85 bits per heavy atom. The molecular weight excluding hydrogens is 451 g/mol. The van der Waals surface area contributed by atoms with E-state index in [9.17, 15) is 18.0 Å². The first-order valence-electron chi connectivity index (χ1n) is 11.4. The van der Waals surface area contributed by atoms with Crippen molar-refractivity contribution in [3.63, 3.8) is 0 Å². The van der Waals surface area contributed by atoms with Crippen LogP contribution in [0.3, 0.4) is 0 Å². The van der Waals surface area contributed by atoms with E-state index in [1.807, 2.05) is 30.3 Å². The Morgan fingerprint density at radius 3 is 2.45 bits per heavy atom. The average molecular weight is 482 g/mol. The van der Waals surface area contributed by atoms with Gasteiger partial charge in [0, 0.05) is 42.4 Å². The van der Waals surface area contributed by atoms with Crippen LogP contribution < -0.4 is 5.32 Å². The van der Waals surface area contributed by atoms with E-state index in [1.54, 1.807) is 4.90 Å². The first-order chi connectivity index (χ1) is 15.7. The highest BCUT2D eigenvalue weighted by Gasteiger charge is 2.32. The Morgan fingerprint density at radius 1 is 1.18 bits per heavy atom. The molecule has 2 amide bonds. The molecule has 1 atom stereocenters. The average Bonchev–Trinajstić information content (AvgIpc) is 2.77. The van der Waals surface area contributed by atoms with E-state index < -0.39 is 17.8 Å². The van der Waals surface area contributed by atoms with Crippen LogP contribution in [-0.2, 0) is 12.7 Å². The smallest absolute Gasteiger partial charge is 0.317 e. The molecule has 3 rings (SSSR count). The maximum atomic E-state index is 13.3. The van der Waals surface area contributed by atoms with Crippen LogP contribution in [0.25, 0.3) is 0 Å². The van der Waals surface area contributed by atoms with E-state index in [0.29, 0.717) is 12.6 Å². The number of carbonyl (C=O) groups is 1. The summed E-state index contributed by atoms with van der Waals surface area (Å²) in [6.45, 7) is 6.57. The molecule has 8 heteroatoms. The highest BCUT2D eigenvalue weighted by molar-refractivity contribution is 6.31. The SMILES string of the molecule is CCCC(C)N1CCC(N(Cc2ccccc2)C(=O)Nc2cc(Cl)cc(C(F)(F)F)c2)CC1. The predicted octanol–water partition coefficient (Wildman–Crippen LogP) is 7.05. The van der Waals surface area contributed by atoms with E-state index in [1.165, 1.54) is 6.07 Å². The van der Waals surface area contributed by atoms with Crippen molar-refractivity contribution in [2.75, 3.05) is 18.4 Å². The number of hydrogen-bond acceptors (Lipinski definition) is 2. The van der Waals surface area contributed by atoms with Crippen molar-refractivity contribution in [2.24, 2.45) is 0 Å². The second-order valence-corrected chi connectivity index (χ2v) is 9.11. The van der Waals surface area contributed by atoms with Gasteiger partial charge in [0.1, 0.15) is 0 Å². The molecule has 1 heterocycles. The Balaban J connectivity index is 1.77. The van der Waals surface area contributed by atoms with Crippen molar-refractivity contribution in [1.82, 2.24) is 9.80 Å². The van der Waals surface area contributed by atoms with Crippen LogP contribution in [0.4, 0.5) is 23.7 Å². The first-order valence-corrected chi connectivity index (χ1v) is 11.8. The number of halogens is 4. The van der Waals surface area contributed by atoms with Crippen LogP contribution in [0.1, 0.15) is 50.7 Å². The quantitative estimate of drug-likeness (QED) is 0.460. The molecule has 180 valence electrons. The maximum Gasteiger partial charge on any atom is 0.416 e. The minimum atomic E-state index is -4.55. The minimum absolute atomic E-state index is 0.00319. The van der Waals surface area contributed by atoms with Crippen molar-refractivity contribution in [1.29, 1.82) is 0 Å². The van der Waals surface area contributed by atoms with Crippen molar-refractivity contribution in [2.45, 2.75) is 64.3 Å². The molecule has 0 aliphatic carbocycles. The molecule has 1 aliphatic rings. The van der Waals surface area contributed by atoms with Crippen molar-refractivity contribution in [3.8, 4) is 0 Å². The number of piperidine rings is 1. The number of carbonyl (C=O) groups excluding carboxylic acids is 1. The fourth-order valence-corrected chi connectivity index (χ4v) is 4.64. The molecule has 33 heavy (non-hydrogen) atoms. The summed E-state index contributed by atoms with van der Waals surface area (Å²) < 4.78 is 39.6. The van der Waals surface area contributed by atoms with Gasteiger partial charge in [0.05, 0.1) is 5.56 Å². The van der Waals surface area contributed by atoms with Gasteiger partial charge >= 0.3 is 12.2 Å². The molecule has 0 bridgehead atoms. The monoisotopic (exact) mass is 481 g/mol. The van der Waals surface area contributed by atoms with E-state index in [-0.39, 0.29) is 16.8 Å². The van der Waals surface area contributed by atoms with E-state index >= 15 is 0 Å². The lowest BCUT2D eigenvalue weighted by molar-refractivity contribution is -0.137. The van der Waals surface area contributed by atoms with Gasteiger partial charge in [-0.1, -0.05) is 55.3 Å². The zero-order chi connectivity index (χ0) is 24.0. The summed E-state index contributed by atoms with van der Waals surface area (Å²) in [4.78, 5) is 17.5. The number of amides is 2. The Bertz CT molecular complexity index is 915. The fourth-order valence-electron chi connectivity index (χ4n) is 4.41. The zero-order valence-corrected chi connectivity index (χ0v) is 19.8. The summed E-state index contributed by atoms with van der Waals surface area (Å²) in [5.74, 6) is 0. The Hall–Kier alpha value is -2.25. The van der Waals surface area contributed by atoms with Crippen LogP contribution in [0.5, 0.6) is 0 Å². The molecule has 1 aliphatic heterocycles. The number of nitrogens with one attached hydrogen (secondary N) is 1. The molecule has 0 aromatic heterocycles. The Kier molecular flexibility index (Phi) is 8.65. The molecule has 1 saturated heterocycles. The summed E-state index contributed by atoms with van der Waals surface area (Å²) in [7, 11) is 0. The molecular formula is C25H31ClF3N3O. The molecule has 4 nitrogen and oxygen atoms in total. The lowest BCUT2D eigenvalue weighted by Crippen LogP contribution is -2.50. The fraction of sp³-hybridized carbons (Fsp3) is 0.480. The van der Waals surface area contributed by atoms with Crippen LogP contribution in [-0.4, -0.2) is 41.0 Å². The third-order valence-electron chi connectivity index (χ3n) is 6.20. The standard InChI is InChI=1S/C25H31ClF3N3O/c1-3-7-18(2)31-12-10-23(11-13-31)32(17-19-8-5-4-6-9-19)24(33)30-22-15-20(25(27,28)29)14-21(26)16-22/h4-6,8-9,14-16,18,23H,3,7,10-13,17H2,1-2H3,(H,30,33). The van der Waals surface area contributed by atoms with Gasteiger partial charge in [-0.2, -0.15) is 13.2 Å². The summed E-state index contributed by atoms with van der Waals surface area (Å²) in [5.41, 5.74) is 0.113. The third-order valence-corrected chi connectivity index (χ3v) is 6.42. The number of hydrogen-bond donors (Lipinski definition) is 1. The van der Waals surface area contributed by atoms with E-state index in [0.717, 1.165) is 56.5 Å². The van der Waals surface area contributed by atoms with Crippen molar-refractivity contribution in [3.05, 3.63) is 64.7 Å². The topological polar surface area (TPSA) is 35.6 Å². The summed E-state index contributed by atoms with van der Waals surface area (Å²) in [5, 5.41) is 2.58. The summed E-state index contributed by atoms with van der Waals surface area (Å²) >= 11 is 5.90. The van der Waals surface area contributed by atoms with Crippen molar-refractivity contribution >= 4 is 23.3 Å². The van der Waals surface area contributed by atoms with Crippen molar-refractivity contribution < 1.29 is 18.0 Å². The van der Waals surface area contributed by atoms with Crippen LogP contribution >= 0.6 is 11.6 Å². The molecule has 1 N–H and O–H groups in total. The number of likely N-dealkylation sites (tertiary alicyclic amines) is 1. The van der Waals surface area contributed by atoms with Crippen LogP contribution in [0.2, 0.25) is 5.02 Å². The van der Waals surface area contributed by atoms with Gasteiger partial charge in [0.25, 0.3) is 0 Å². The lowest BCUT2D eigenvalue weighted by Gasteiger charge is -2.40. The van der Waals surface area contributed by atoms with Gasteiger partial charge < -0.3 is 15.1 Å². The molecule has 2 aromatic rings. The van der Waals surface area contributed by atoms with Crippen LogP contribution in [0.15, 0.2) is 48.5 Å². The molecule has 2 aromatic carbocycles. The van der Waals surface area contributed by atoms with Gasteiger partial charge in [-0.3, -0.25) is 0 Å². The lowest BCUT2D eigenvalue weighted by atomic mass is 10.00. The second-order valence-electron chi connectivity index (χ2n) is 8.67. The van der Waals surface area contributed by atoms with E-state index in [2.05, 4.69) is 24.1 Å². The predicted molar refractivity (Wildman–Crippen MR) is 126 cm³/mol.